The van der Waals surface area contributed by atoms with Gasteiger partial charge in [0.2, 0.25) is 0 Å². The lowest BCUT2D eigenvalue weighted by Gasteiger charge is -2.25. The Bertz CT molecular complexity index is 1580. The van der Waals surface area contributed by atoms with Crippen molar-refractivity contribution in [2.75, 3.05) is 4.90 Å². The van der Waals surface area contributed by atoms with Crippen LogP contribution in [0.3, 0.4) is 0 Å². The Hall–Kier alpha value is -5.14. The summed E-state index contributed by atoms with van der Waals surface area (Å²) in [5, 5.41) is 0. The number of para-hydroxylation sites is 2. The molecule has 1 aliphatic rings. The summed E-state index contributed by atoms with van der Waals surface area (Å²) in [5.41, 5.74) is 9.65. The molecule has 0 saturated heterocycles. The molecule has 41 heavy (non-hydrogen) atoms. The topological polar surface area (TPSA) is 3.24 Å². The van der Waals surface area contributed by atoms with Crippen molar-refractivity contribution in [2.24, 2.45) is 5.92 Å². The zero-order valence-electron chi connectivity index (χ0n) is 23.1. The van der Waals surface area contributed by atoms with Crippen molar-refractivity contribution in [1.29, 1.82) is 0 Å². The van der Waals surface area contributed by atoms with Crippen molar-refractivity contribution in [3.05, 3.63) is 198 Å². The summed E-state index contributed by atoms with van der Waals surface area (Å²) < 4.78 is 0. The molecule has 1 atom stereocenters. The molecule has 0 amide bonds. The van der Waals surface area contributed by atoms with Gasteiger partial charge in [0.25, 0.3) is 0 Å². The molecular weight excluding hydrogens is 494 g/mol. The van der Waals surface area contributed by atoms with Crippen LogP contribution in [0.4, 0.5) is 17.1 Å². The van der Waals surface area contributed by atoms with Gasteiger partial charge in [-0.2, -0.15) is 0 Å². The minimum absolute atomic E-state index is 0.365. The molecule has 198 valence electrons. The summed E-state index contributed by atoms with van der Waals surface area (Å²) in [7, 11) is 0. The first-order valence-corrected chi connectivity index (χ1v) is 14.2. The lowest BCUT2D eigenvalue weighted by molar-refractivity contribution is 0.819. The maximum absolute atomic E-state index is 2.40. The van der Waals surface area contributed by atoms with E-state index in [4.69, 9.17) is 0 Å². The first-order chi connectivity index (χ1) is 20.3. The molecule has 0 aliphatic heterocycles. The summed E-state index contributed by atoms with van der Waals surface area (Å²) in [6.45, 7) is 0. The van der Waals surface area contributed by atoms with Crippen LogP contribution in [0.25, 0.3) is 11.6 Å². The second kappa shape index (κ2) is 12.8. The highest BCUT2D eigenvalue weighted by atomic mass is 15.1. The molecule has 1 heteroatoms. The van der Waals surface area contributed by atoms with Crippen LogP contribution in [0.1, 0.15) is 23.1 Å². The third-order valence-electron chi connectivity index (χ3n) is 7.36. The van der Waals surface area contributed by atoms with Crippen molar-refractivity contribution in [3.8, 4) is 0 Å². The van der Waals surface area contributed by atoms with E-state index >= 15 is 0 Å². The zero-order valence-corrected chi connectivity index (χ0v) is 23.1. The van der Waals surface area contributed by atoms with Gasteiger partial charge >= 0.3 is 0 Å². The van der Waals surface area contributed by atoms with Crippen LogP contribution < -0.4 is 4.90 Å². The molecule has 1 unspecified atom stereocenters. The van der Waals surface area contributed by atoms with E-state index < -0.39 is 0 Å². The van der Waals surface area contributed by atoms with Crippen LogP contribution in [0.5, 0.6) is 0 Å². The highest BCUT2D eigenvalue weighted by Crippen LogP contribution is 2.34. The Kier molecular flexibility index (Phi) is 8.15. The van der Waals surface area contributed by atoms with E-state index in [-0.39, 0.29) is 0 Å². The average molecular weight is 528 g/mol. The minimum Gasteiger partial charge on any atom is -0.311 e. The number of anilines is 3. The fraction of sp³-hybridized carbons (Fsp3) is 0.0500. The molecule has 5 aromatic carbocycles. The van der Waals surface area contributed by atoms with Crippen LogP contribution in [0.2, 0.25) is 0 Å². The summed E-state index contributed by atoms with van der Waals surface area (Å²) >= 11 is 0. The molecule has 0 saturated carbocycles. The first-order valence-electron chi connectivity index (χ1n) is 14.2. The van der Waals surface area contributed by atoms with Crippen LogP contribution in [0.15, 0.2) is 182 Å². The summed E-state index contributed by atoms with van der Waals surface area (Å²) in [6.07, 6.45) is 14.7. The van der Waals surface area contributed by atoms with Gasteiger partial charge in [-0.25, -0.2) is 0 Å². The number of allylic oxidation sites excluding steroid dienone is 6. The second-order valence-electron chi connectivity index (χ2n) is 10.2. The Morgan fingerprint density at radius 2 is 1.02 bits per heavy atom. The summed E-state index contributed by atoms with van der Waals surface area (Å²) in [4.78, 5) is 2.28. The molecule has 1 nitrogen and oxygen atoms in total. The molecule has 0 heterocycles. The number of rotatable bonds is 8. The maximum atomic E-state index is 2.40. The monoisotopic (exact) mass is 527 g/mol. The van der Waals surface area contributed by atoms with Crippen LogP contribution in [0, 0.1) is 5.92 Å². The highest BCUT2D eigenvalue weighted by Gasteiger charge is 2.12. The van der Waals surface area contributed by atoms with Crippen molar-refractivity contribution in [2.45, 2.75) is 6.42 Å². The van der Waals surface area contributed by atoms with Gasteiger partial charge in [0, 0.05) is 17.1 Å². The molecule has 0 spiro atoms. The fourth-order valence-corrected chi connectivity index (χ4v) is 5.24. The first kappa shape index (κ1) is 26.1. The van der Waals surface area contributed by atoms with Gasteiger partial charge in [0.1, 0.15) is 0 Å². The molecular formula is C40H33N. The van der Waals surface area contributed by atoms with Gasteiger partial charge in [-0.15, -0.1) is 0 Å². The van der Waals surface area contributed by atoms with Gasteiger partial charge in [-0.3, -0.25) is 0 Å². The Morgan fingerprint density at radius 3 is 1.51 bits per heavy atom. The van der Waals surface area contributed by atoms with Crippen molar-refractivity contribution < 1.29 is 0 Å². The van der Waals surface area contributed by atoms with E-state index in [1.54, 1.807) is 0 Å². The van der Waals surface area contributed by atoms with Gasteiger partial charge in [-0.05, 0) is 76.6 Å². The Balaban J connectivity index is 1.17. The van der Waals surface area contributed by atoms with E-state index in [0.29, 0.717) is 5.92 Å². The molecule has 0 radical (unpaired) electrons. The van der Waals surface area contributed by atoms with Crippen molar-refractivity contribution in [3.63, 3.8) is 0 Å². The second-order valence-corrected chi connectivity index (χ2v) is 10.2. The fourth-order valence-electron chi connectivity index (χ4n) is 5.24. The Morgan fingerprint density at radius 1 is 0.537 bits per heavy atom. The lowest BCUT2D eigenvalue weighted by atomic mass is 9.89. The molecule has 0 bridgehead atoms. The molecule has 0 N–H and O–H groups in total. The largest absolute Gasteiger partial charge is 0.311 e. The van der Waals surface area contributed by atoms with Crippen molar-refractivity contribution >= 4 is 28.7 Å². The van der Waals surface area contributed by atoms with Gasteiger partial charge < -0.3 is 4.90 Å². The van der Waals surface area contributed by atoms with Gasteiger partial charge in [0.15, 0.2) is 0 Å². The number of nitrogens with zero attached hydrogens (tertiary/aromatic N) is 1. The predicted molar refractivity (Wildman–Crippen MR) is 175 cm³/mol. The van der Waals surface area contributed by atoms with E-state index in [1.165, 1.54) is 27.8 Å². The number of benzene rings is 5. The smallest absolute Gasteiger partial charge is 0.0462 e. The minimum atomic E-state index is 0.365. The highest BCUT2D eigenvalue weighted by molar-refractivity contribution is 5.80. The summed E-state index contributed by atoms with van der Waals surface area (Å²) in [5.74, 6) is 0.365. The normalized spacial score (nSPS) is 14.4. The zero-order chi connectivity index (χ0) is 27.7. The van der Waals surface area contributed by atoms with Crippen LogP contribution >= 0.6 is 0 Å². The van der Waals surface area contributed by atoms with Gasteiger partial charge in [0.05, 0.1) is 0 Å². The molecule has 0 fully saturated rings. The lowest BCUT2D eigenvalue weighted by Crippen LogP contribution is -2.09. The van der Waals surface area contributed by atoms with E-state index in [0.717, 1.165) is 23.5 Å². The molecule has 0 aromatic heterocycles. The van der Waals surface area contributed by atoms with E-state index in [1.807, 2.05) is 0 Å². The standard InChI is InChI=1S/C40H33N/c1-5-13-35(14-6-1)40(36-15-7-2-8-16-36)31-34-25-23-32(24-26-34)21-22-33-27-29-39(30-28-33)41(37-17-9-3-10-18-37)38-19-11-4-12-20-38/h1-25,27-31,34H,26H2/b22-21+. The van der Waals surface area contributed by atoms with Crippen molar-refractivity contribution in [1.82, 2.24) is 0 Å². The quantitative estimate of drug-likeness (QED) is 0.194. The third kappa shape index (κ3) is 6.54. The Labute approximate surface area is 243 Å². The molecule has 6 rings (SSSR count). The van der Waals surface area contributed by atoms with Gasteiger partial charge in [-0.1, -0.05) is 146 Å². The van der Waals surface area contributed by atoms with Crippen LogP contribution in [-0.2, 0) is 0 Å². The number of hydrogen-bond acceptors (Lipinski definition) is 1. The SMILES string of the molecule is C1=CC(C=C(c2ccccc2)c2ccccc2)CC=C1/C=C/c1ccc(N(c2ccccc2)c2ccccc2)cc1. The number of hydrogen-bond donors (Lipinski definition) is 0. The average Bonchev–Trinajstić information content (AvgIpc) is 3.06. The molecule has 1 aliphatic carbocycles. The third-order valence-corrected chi connectivity index (χ3v) is 7.36. The molecule has 5 aromatic rings. The predicted octanol–water partition coefficient (Wildman–Crippen LogP) is 10.8. The van der Waals surface area contributed by atoms with Crippen LogP contribution in [-0.4, -0.2) is 0 Å². The van der Waals surface area contributed by atoms with E-state index in [9.17, 15) is 0 Å². The maximum Gasteiger partial charge on any atom is 0.0462 e. The van der Waals surface area contributed by atoms with E-state index in [2.05, 4.69) is 187 Å². The summed E-state index contributed by atoms with van der Waals surface area (Å²) in [6, 6.07) is 51.2.